The SMILES string of the molecule is Cc1ncc(C(=O)N2C[C@H]([C@H](C)Oc3ccc(Cl)cn3)[C@@H](c3ccc(Cl)c(F)c3)C2)cn1. The minimum Gasteiger partial charge on any atom is -0.474 e. The van der Waals surface area contributed by atoms with E-state index in [1.54, 1.807) is 30.0 Å². The van der Waals surface area contributed by atoms with Gasteiger partial charge in [0, 0.05) is 49.6 Å². The van der Waals surface area contributed by atoms with Gasteiger partial charge < -0.3 is 9.64 Å². The number of carbonyl (C=O) groups is 1. The summed E-state index contributed by atoms with van der Waals surface area (Å²) in [6.45, 7) is 4.51. The van der Waals surface area contributed by atoms with Gasteiger partial charge in [-0.05, 0) is 37.6 Å². The maximum Gasteiger partial charge on any atom is 0.257 e. The van der Waals surface area contributed by atoms with Crippen LogP contribution >= 0.6 is 23.2 Å². The molecule has 0 radical (unpaired) electrons. The van der Waals surface area contributed by atoms with Gasteiger partial charge in [0.2, 0.25) is 5.88 Å². The summed E-state index contributed by atoms with van der Waals surface area (Å²) in [6, 6.07) is 8.14. The Kier molecular flexibility index (Phi) is 6.58. The fraction of sp³-hybridized carbons (Fsp3) is 0.304. The second-order valence-corrected chi connectivity index (χ2v) is 8.65. The van der Waals surface area contributed by atoms with E-state index >= 15 is 0 Å². The summed E-state index contributed by atoms with van der Waals surface area (Å²) in [6.07, 6.45) is 4.25. The standard InChI is InChI=1S/C23H21Cl2FN4O2/c1-13(32-22-6-4-17(24)10-29-22)18-11-30(23(31)16-8-27-14(2)28-9-16)12-19(18)15-3-5-20(25)21(26)7-15/h3-10,13,18-19H,11-12H2,1-2H3/t13-,18+,19+/m0/s1. The van der Waals surface area contributed by atoms with Crippen LogP contribution in [0.2, 0.25) is 10.0 Å². The van der Waals surface area contributed by atoms with Crippen LogP contribution in [0.15, 0.2) is 48.9 Å². The van der Waals surface area contributed by atoms with Gasteiger partial charge in [-0.15, -0.1) is 0 Å². The number of likely N-dealkylation sites (tertiary alicyclic amines) is 1. The van der Waals surface area contributed by atoms with Gasteiger partial charge in [0.05, 0.1) is 15.6 Å². The minimum absolute atomic E-state index is 0.0581. The number of aromatic nitrogens is 3. The largest absolute Gasteiger partial charge is 0.474 e. The van der Waals surface area contributed by atoms with Crippen molar-refractivity contribution < 1.29 is 13.9 Å². The molecule has 1 aromatic carbocycles. The zero-order valence-corrected chi connectivity index (χ0v) is 19.0. The molecular formula is C23H21Cl2FN4O2. The topological polar surface area (TPSA) is 68.2 Å². The van der Waals surface area contributed by atoms with Gasteiger partial charge in [0.25, 0.3) is 5.91 Å². The number of carbonyl (C=O) groups excluding carboxylic acids is 1. The van der Waals surface area contributed by atoms with Crippen molar-refractivity contribution in [3.8, 4) is 5.88 Å². The number of hydrogen-bond acceptors (Lipinski definition) is 5. The van der Waals surface area contributed by atoms with E-state index in [0.29, 0.717) is 35.4 Å². The smallest absolute Gasteiger partial charge is 0.257 e. The van der Waals surface area contributed by atoms with Crippen LogP contribution in [0, 0.1) is 18.7 Å². The number of pyridine rings is 1. The molecule has 0 spiro atoms. The van der Waals surface area contributed by atoms with E-state index in [1.807, 2.05) is 6.92 Å². The summed E-state index contributed by atoms with van der Waals surface area (Å²) in [5.41, 5.74) is 1.16. The lowest BCUT2D eigenvalue weighted by Gasteiger charge is -2.25. The molecule has 0 aliphatic carbocycles. The first-order chi connectivity index (χ1) is 15.3. The lowest BCUT2D eigenvalue weighted by Crippen LogP contribution is -2.32. The summed E-state index contributed by atoms with van der Waals surface area (Å²) < 4.78 is 20.3. The van der Waals surface area contributed by atoms with E-state index in [-0.39, 0.29) is 28.9 Å². The van der Waals surface area contributed by atoms with Crippen molar-refractivity contribution in [2.45, 2.75) is 25.9 Å². The fourth-order valence-corrected chi connectivity index (χ4v) is 4.19. The van der Waals surface area contributed by atoms with Gasteiger partial charge >= 0.3 is 0 Å². The molecule has 1 aliphatic rings. The Balaban J connectivity index is 1.61. The van der Waals surface area contributed by atoms with Crippen molar-refractivity contribution in [1.82, 2.24) is 19.9 Å². The first-order valence-electron chi connectivity index (χ1n) is 10.1. The van der Waals surface area contributed by atoms with Crippen LogP contribution in [0.5, 0.6) is 5.88 Å². The average molecular weight is 475 g/mol. The lowest BCUT2D eigenvalue weighted by molar-refractivity contribution is 0.0769. The Labute approximate surface area is 195 Å². The Hall–Kier alpha value is -2.77. The Morgan fingerprint density at radius 1 is 1.12 bits per heavy atom. The third-order valence-electron chi connectivity index (χ3n) is 5.66. The highest BCUT2D eigenvalue weighted by molar-refractivity contribution is 6.30. The highest BCUT2D eigenvalue weighted by atomic mass is 35.5. The summed E-state index contributed by atoms with van der Waals surface area (Å²) in [5.74, 6) is 0.0894. The van der Waals surface area contributed by atoms with Crippen LogP contribution in [-0.4, -0.2) is 45.0 Å². The van der Waals surface area contributed by atoms with Crippen molar-refractivity contribution in [2.75, 3.05) is 13.1 Å². The van der Waals surface area contributed by atoms with Crippen LogP contribution in [0.25, 0.3) is 0 Å². The number of hydrogen-bond donors (Lipinski definition) is 0. The van der Waals surface area contributed by atoms with Crippen molar-refractivity contribution in [3.05, 3.63) is 81.7 Å². The molecule has 2 aromatic heterocycles. The van der Waals surface area contributed by atoms with Gasteiger partial charge in [-0.25, -0.2) is 19.3 Å². The lowest BCUT2D eigenvalue weighted by atomic mass is 9.85. The second kappa shape index (κ2) is 9.38. The summed E-state index contributed by atoms with van der Waals surface area (Å²) in [7, 11) is 0. The van der Waals surface area contributed by atoms with Crippen LogP contribution in [0.4, 0.5) is 4.39 Å². The number of rotatable bonds is 5. The van der Waals surface area contributed by atoms with E-state index in [9.17, 15) is 9.18 Å². The number of nitrogens with zero attached hydrogens (tertiary/aromatic N) is 4. The number of halogens is 3. The predicted octanol–water partition coefficient (Wildman–Crippen LogP) is 4.95. The highest BCUT2D eigenvalue weighted by Gasteiger charge is 2.40. The third kappa shape index (κ3) is 4.84. The van der Waals surface area contributed by atoms with E-state index in [4.69, 9.17) is 27.9 Å². The van der Waals surface area contributed by atoms with Gasteiger partial charge in [-0.3, -0.25) is 4.79 Å². The molecule has 1 saturated heterocycles. The molecule has 3 aromatic rings. The monoisotopic (exact) mass is 474 g/mol. The number of aryl methyl sites for hydroxylation is 1. The predicted molar refractivity (Wildman–Crippen MR) is 120 cm³/mol. The van der Waals surface area contributed by atoms with Crippen LogP contribution < -0.4 is 4.74 Å². The fourth-order valence-electron chi connectivity index (χ4n) is 3.96. The van der Waals surface area contributed by atoms with Crippen molar-refractivity contribution >= 4 is 29.1 Å². The molecule has 1 aliphatic heterocycles. The molecule has 32 heavy (non-hydrogen) atoms. The first-order valence-corrected chi connectivity index (χ1v) is 10.9. The zero-order chi connectivity index (χ0) is 22.8. The molecule has 0 N–H and O–H groups in total. The molecule has 4 rings (SSSR count). The van der Waals surface area contributed by atoms with Gasteiger partial charge in [-0.1, -0.05) is 29.3 Å². The van der Waals surface area contributed by atoms with Crippen LogP contribution in [0.1, 0.15) is 34.6 Å². The van der Waals surface area contributed by atoms with Crippen LogP contribution in [0.3, 0.4) is 0 Å². The molecule has 1 fully saturated rings. The van der Waals surface area contributed by atoms with E-state index in [2.05, 4.69) is 15.0 Å². The number of ether oxygens (including phenoxy) is 1. The summed E-state index contributed by atoms with van der Waals surface area (Å²) in [4.78, 5) is 27.3. The Morgan fingerprint density at radius 2 is 1.88 bits per heavy atom. The Morgan fingerprint density at radius 3 is 2.53 bits per heavy atom. The molecule has 0 saturated carbocycles. The molecule has 6 nitrogen and oxygen atoms in total. The van der Waals surface area contributed by atoms with Gasteiger partial charge in [0.1, 0.15) is 17.7 Å². The van der Waals surface area contributed by atoms with Crippen molar-refractivity contribution in [1.29, 1.82) is 0 Å². The molecule has 0 bridgehead atoms. The maximum atomic E-state index is 14.2. The van der Waals surface area contributed by atoms with Gasteiger partial charge in [-0.2, -0.15) is 0 Å². The van der Waals surface area contributed by atoms with Crippen LogP contribution in [-0.2, 0) is 0 Å². The zero-order valence-electron chi connectivity index (χ0n) is 17.5. The quantitative estimate of drug-likeness (QED) is 0.523. The second-order valence-electron chi connectivity index (χ2n) is 7.81. The molecule has 166 valence electrons. The summed E-state index contributed by atoms with van der Waals surface area (Å²) in [5, 5.41) is 0.570. The van der Waals surface area contributed by atoms with E-state index < -0.39 is 5.82 Å². The first kappa shape index (κ1) is 22.4. The minimum atomic E-state index is -0.493. The summed E-state index contributed by atoms with van der Waals surface area (Å²) >= 11 is 11.8. The number of benzene rings is 1. The molecule has 0 unspecified atom stereocenters. The maximum absolute atomic E-state index is 14.2. The normalized spacial score (nSPS) is 19.1. The van der Waals surface area contributed by atoms with Crippen molar-refractivity contribution in [2.24, 2.45) is 5.92 Å². The molecule has 3 atom stereocenters. The highest BCUT2D eigenvalue weighted by Crippen LogP contribution is 2.37. The van der Waals surface area contributed by atoms with E-state index in [1.165, 1.54) is 30.7 Å². The molecule has 1 amide bonds. The molecular weight excluding hydrogens is 454 g/mol. The average Bonchev–Trinajstić information content (AvgIpc) is 3.23. The van der Waals surface area contributed by atoms with E-state index in [0.717, 1.165) is 5.56 Å². The number of amides is 1. The molecule has 9 heteroatoms. The third-order valence-corrected chi connectivity index (χ3v) is 6.19. The molecule has 3 heterocycles. The van der Waals surface area contributed by atoms with Crippen molar-refractivity contribution in [3.63, 3.8) is 0 Å². The van der Waals surface area contributed by atoms with Gasteiger partial charge in [0.15, 0.2) is 0 Å². The Bertz CT molecular complexity index is 1110.